The molecule has 0 aliphatic carbocycles. The normalized spacial score (nSPS) is 16.1. The number of carbonyl (C=O) groups is 2. The van der Waals surface area contributed by atoms with E-state index >= 15 is 0 Å². The second-order valence-electron chi connectivity index (χ2n) is 12.6. The lowest BCUT2D eigenvalue weighted by molar-refractivity contribution is 0.0134. The third kappa shape index (κ3) is 7.84. The largest absolute Gasteiger partial charge is 0.444 e. The van der Waals surface area contributed by atoms with Gasteiger partial charge in [-0.05, 0) is 58.0 Å². The van der Waals surface area contributed by atoms with E-state index in [-0.39, 0.29) is 44.3 Å². The Kier molecular flexibility index (Phi) is 9.85. The van der Waals surface area contributed by atoms with Gasteiger partial charge in [-0.1, -0.05) is 56.1 Å². The van der Waals surface area contributed by atoms with Crippen LogP contribution in [0.1, 0.15) is 59.7 Å². The van der Waals surface area contributed by atoms with Gasteiger partial charge in [0.25, 0.3) is 0 Å². The summed E-state index contributed by atoms with van der Waals surface area (Å²) in [6.45, 7) is 14.2. The SMILES string of the molecule is CC1CN(C(=O)OC(C)(C)C)CCN1/C(=N\C(=O)Nc1cccnc1C(C)(C)C)c1cc(Cl)c(-c2ccccc2F)nc1Cl. The maximum Gasteiger partial charge on any atom is 0.410 e. The van der Waals surface area contributed by atoms with E-state index in [1.807, 2.05) is 53.4 Å². The zero-order valence-corrected chi connectivity index (χ0v) is 27.4. The molecule has 1 aromatic carbocycles. The Labute approximate surface area is 267 Å². The monoisotopic (exact) mass is 642 g/mol. The first-order valence-corrected chi connectivity index (χ1v) is 15.0. The van der Waals surface area contributed by atoms with E-state index < -0.39 is 23.5 Å². The van der Waals surface area contributed by atoms with E-state index in [0.29, 0.717) is 31.0 Å². The first-order chi connectivity index (χ1) is 20.5. The van der Waals surface area contributed by atoms with Gasteiger partial charge in [-0.2, -0.15) is 4.99 Å². The Balaban J connectivity index is 1.74. The number of benzene rings is 1. The summed E-state index contributed by atoms with van der Waals surface area (Å²) in [4.78, 5) is 43.1. The molecule has 2 aromatic heterocycles. The van der Waals surface area contributed by atoms with Crippen LogP contribution in [0.4, 0.5) is 19.7 Å². The Morgan fingerprint density at radius 3 is 2.41 bits per heavy atom. The van der Waals surface area contributed by atoms with Gasteiger partial charge in [0, 0.05) is 42.9 Å². The summed E-state index contributed by atoms with van der Waals surface area (Å²) in [7, 11) is 0. The number of anilines is 1. The summed E-state index contributed by atoms with van der Waals surface area (Å²) in [5.74, 6) is -0.295. The highest BCUT2D eigenvalue weighted by molar-refractivity contribution is 6.36. The van der Waals surface area contributed by atoms with Crippen LogP contribution < -0.4 is 5.32 Å². The van der Waals surface area contributed by atoms with E-state index in [9.17, 15) is 14.0 Å². The number of nitrogens with zero attached hydrogens (tertiary/aromatic N) is 5. The fraction of sp³-hybridized carbons (Fsp3) is 0.406. The third-order valence-electron chi connectivity index (χ3n) is 6.82. The van der Waals surface area contributed by atoms with Crippen LogP contribution in [-0.2, 0) is 10.2 Å². The fourth-order valence-electron chi connectivity index (χ4n) is 4.85. The van der Waals surface area contributed by atoms with E-state index in [0.717, 1.165) is 0 Å². The second-order valence-corrected chi connectivity index (χ2v) is 13.4. The van der Waals surface area contributed by atoms with Crippen LogP contribution in [0.2, 0.25) is 10.2 Å². The molecule has 1 aliphatic rings. The average Bonchev–Trinajstić information content (AvgIpc) is 2.92. The summed E-state index contributed by atoms with van der Waals surface area (Å²) in [5, 5.41) is 2.97. The van der Waals surface area contributed by atoms with Gasteiger partial charge in [-0.3, -0.25) is 4.98 Å². The maximum absolute atomic E-state index is 14.6. The Bertz CT molecular complexity index is 1580. The van der Waals surface area contributed by atoms with E-state index in [2.05, 4.69) is 20.3 Å². The highest BCUT2D eigenvalue weighted by atomic mass is 35.5. The van der Waals surface area contributed by atoms with E-state index in [4.69, 9.17) is 27.9 Å². The third-order valence-corrected chi connectivity index (χ3v) is 7.39. The van der Waals surface area contributed by atoms with Crippen molar-refractivity contribution in [1.29, 1.82) is 0 Å². The molecule has 234 valence electrons. The van der Waals surface area contributed by atoms with Crippen LogP contribution in [0.5, 0.6) is 0 Å². The van der Waals surface area contributed by atoms with Crippen molar-refractivity contribution in [2.45, 2.75) is 65.5 Å². The maximum atomic E-state index is 14.6. The van der Waals surface area contributed by atoms with Crippen LogP contribution >= 0.6 is 23.2 Å². The molecule has 0 saturated carbocycles. The van der Waals surface area contributed by atoms with Gasteiger partial charge in [0.05, 0.1) is 27.7 Å². The smallest absolute Gasteiger partial charge is 0.410 e. The molecule has 0 radical (unpaired) electrons. The molecule has 1 saturated heterocycles. The van der Waals surface area contributed by atoms with Gasteiger partial charge in [-0.15, -0.1) is 0 Å². The van der Waals surface area contributed by atoms with Crippen molar-refractivity contribution in [3.05, 3.63) is 75.9 Å². The number of aromatic nitrogens is 2. The van der Waals surface area contributed by atoms with Crippen molar-refractivity contribution in [1.82, 2.24) is 19.8 Å². The number of nitrogens with one attached hydrogen (secondary N) is 1. The number of halogens is 3. The van der Waals surface area contributed by atoms with Crippen LogP contribution in [-0.4, -0.2) is 69.0 Å². The zero-order chi connectivity index (χ0) is 32.4. The molecule has 44 heavy (non-hydrogen) atoms. The predicted octanol–water partition coefficient (Wildman–Crippen LogP) is 7.81. The van der Waals surface area contributed by atoms with Crippen molar-refractivity contribution in [2.24, 2.45) is 4.99 Å². The van der Waals surface area contributed by atoms with Crippen LogP contribution in [0, 0.1) is 5.82 Å². The highest BCUT2D eigenvalue weighted by Gasteiger charge is 2.33. The lowest BCUT2D eigenvalue weighted by Gasteiger charge is -2.41. The average molecular weight is 644 g/mol. The first-order valence-electron chi connectivity index (χ1n) is 14.3. The summed E-state index contributed by atoms with van der Waals surface area (Å²) in [6.07, 6.45) is 1.24. The lowest BCUT2D eigenvalue weighted by Crippen LogP contribution is -2.56. The Morgan fingerprint density at radius 2 is 1.77 bits per heavy atom. The molecular weight excluding hydrogens is 606 g/mol. The number of carbonyl (C=O) groups excluding carboxylic acids is 2. The minimum atomic E-state index is -0.661. The van der Waals surface area contributed by atoms with E-state index in [1.165, 1.54) is 12.1 Å². The van der Waals surface area contributed by atoms with Gasteiger partial charge in [0.15, 0.2) is 0 Å². The summed E-state index contributed by atoms with van der Waals surface area (Å²) in [5.41, 5.74) is 0.868. The molecule has 1 atom stereocenters. The molecule has 0 bridgehead atoms. The predicted molar refractivity (Wildman–Crippen MR) is 172 cm³/mol. The molecule has 3 heterocycles. The molecule has 4 rings (SSSR count). The van der Waals surface area contributed by atoms with Crippen molar-refractivity contribution >= 4 is 46.8 Å². The minimum absolute atomic E-state index is 0.0160. The molecule has 1 unspecified atom stereocenters. The number of piperazine rings is 1. The first kappa shape index (κ1) is 33.1. The van der Waals surface area contributed by atoms with Crippen LogP contribution in [0.3, 0.4) is 0 Å². The van der Waals surface area contributed by atoms with Crippen LogP contribution in [0.15, 0.2) is 53.7 Å². The Morgan fingerprint density at radius 1 is 1.07 bits per heavy atom. The molecule has 1 N–H and O–H groups in total. The van der Waals surface area contributed by atoms with Crippen molar-refractivity contribution in [3.8, 4) is 11.3 Å². The second kappa shape index (κ2) is 13.1. The summed E-state index contributed by atoms with van der Waals surface area (Å²) < 4.78 is 20.2. The van der Waals surface area contributed by atoms with Crippen molar-refractivity contribution in [3.63, 3.8) is 0 Å². The lowest BCUT2D eigenvalue weighted by atomic mass is 9.90. The van der Waals surface area contributed by atoms with Gasteiger partial charge in [-0.25, -0.2) is 19.0 Å². The fourth-order valence-corrected chi connectivity index (χ4v) is 5.33. The Hall–Kier alpha value is -3.76. The minimum Gasteiger partial charge on any atom is -0.444 e. The van der Waals surface area contributed by atoms with Gasteiger partial charge in [0.2, 0.25) is 0 Å². The number of hydrogen-bond donors (Lipinski definition) is 1. The van der Waals surface area contributed by atoms with Crippen molar-refractivity contribution < 1.29 is 18.7 Å². The molecule has 12 heteroatoms. The molecule has 9 nitrogen and oxygen atoms in total. The van der Waals surface area contributed by atoms with E-state index in [1.54, 1.807) is 41.4 Å². The molecule has 1 aliphatic heterocycles. The number of aliphatic imine (C=N–C) groups is 1. The van der Waals surface area contributed by atoms with Crippen LogP contribution in [0.25, 0.3) is 11.3 Å². The number of pyridine rings is 2. The summed E-state index contributed by atoms with van der Waals surface area (Å²) in [6, 6.07) is 10.2. The number of amides is 3. The van der Waals surface area contributed by atoms with Gasteiger partial charge < -0.3 is 19.9 Å². The summed E-state index contributed by atoms with van der Waals surface area (Å²) >= 11 is 13.4. The standard InChI is InChI=1S/C32H37Cl2FN6O3/c1-19-18-40(30(43)44-32(5,6)7)15-16-41(19)28(39-29(42)37-24-13-10-14-36-26(24)31(2,3)4)21-17-22(33)25(38-27(21)34)20-11-8-9-12-23(20)35/h8-14,17,19H,15-16,18H2,1-7H3,(H,37,42)/b39-28-. The number of ether oxygens (including phenoxy) is 1. The van der Waals surface area contributed by atoms with Gasteiger partial charge >= 0.3 is 12.1 Å². The molecule has 3 amide bonds. The molecule has 0 spiro atoms. The van der Waals surface area contributed by atoms with Crippen molar-refractivity contribution in [2.75, 3.05) is 25.0 Å². The number of rotatable bonds is 3. The molecular formula is C32H37Cl2FN6O3. The quantitative estimate of drug-likeness (QED) is 0.178. The number of amidine groups is 1. The topological polar surface area (TPSA) is 100 Å². The zero-order valence-electron chi connectivity index (χ0n) is 25.9. The highest BCUT2D eigenvalue weighted by Crippen LogP contribution is 2.33. The van der Waals surface area contributed by atoms with Gasteiger partial charge in [0.1, 0.15) is 22.4 Å². The number of urea groups is 1. The number of hydrogen-bond acceptors (Lipinski definition) is 5. The molecule has 1 fully saturated rings. The molecule has 3 aromatic rings.